The molecular formula is C20H14N4OS. The molecule has 3 heterocycles. The molecule has 1 aromatic carbocycles. The summed E-state index contributed by atoms with van der Waals surface area (Å²) in [6, 6.07) is 13.1. The molecule has 3 aromatic heterocycles. The Morgan fingerprint density at radius 2 is 2.15 bits per heavy atom. The van der Waals surface area contributed by atoms with Crippen LogP contribution in [0.3, 0.4) is 0 Å². The van der Waals surface area contributed by atoms with Crippen LogP contribution >= 0.6 is 11.3 Å². The van der Waals surface area contributed by atoms with Crippen LogP contribution in [-0.4, -0.2) is 20.3 Å². The highest BCUT2D eigenvalue weighted by Crippen LogP contribution is 2.13. The van der Waals surface area contributed by atoms with Crippen LogP contribution in [0.25, 0.3) is 4.96 Å². The fourth-order valence-electron chi connectivity index (χ4n) is 2.48. The number of hydrogen-bond acceptors (Lipinski definition) is 4. The summed E-state index contributed by atoms with van der Waals surface area (Å²) in [5.41, 5.74) is 2.99. The molecule has 6 heteroatoms. The maximum absolute atomic E-state index is 12.3. The second-order valence-corrected chi connectivity index (χ2v) is 6.47. The molecular weight excluding hydrogens is 344 g/mol. The van der Waals surface area contributed by atoms with E-state index < -0.39 is 0 Å². The minimum atomic E-state index is -0.106. The molecule has 0 radical (unpaired) electrons. The van der Waals surface area contributed by atoms with E-state index in [0.717, 1.165) is 16.2 Å². The summed E-state index contributed by atoms with van der Waals surface area (Å²) in [5.74, 6) is 5.96. The van der Waals surface area contributed by atoms with E-state index in [0.29, 0.717) is 11.4 Å². The number of nitrogens with zero attached hydrogens (tertiary/aromatic N) is 3. The van der Waals surface area contributed by atoms with E-state index in [1.165, 1.54) is 0 Å². The van der Waals surface area contributed by atoms with Gasteiger partial charge in [0.1, 0.15) is 5.69 Å². The van der Waals surface area contributed by atoms with Gasteiger partial charge in [-0.3, -0.25) is 9.20 Å². The number of benzene rings is 1. The smallest absolute Gasteiger partial charge is 0.230 e. The van der Waals surface area contributed by atoms with Crippen molar-refractivity contribution in [3.05, 3.63) is 83.4 Å². The van der Waals surface area contributed by atoms with Gasteiger partial charge in [0, 0.05) is 35.2 Å². The monoisotopic (exact) mass is 358 g/mol. The van der Waals surface area contributed by atoms with Crippen molar-refractivity contribution in [2.75, 3.05) is 5.32 Å². The largest absolute Gasteiger partial charge is 0.326 e. The molecule has 0 saturated carbocycles. The molecule has 0 aliphatic rings. The molecule has 0 saturated heterocycles. The first-order valence-corrected chi connectivity index (χ1v) is 8.88. The highest BCUT2D eigenvalue weighted by molar-refractivity contribution is 7.15. The van der Waals surface area contributed by atoms with Crippen molar-refractivity contribution in [1.82, 2.24) is 14.4 Å². The summed E-state index contributed by atoms with van der Waals surface area (Å²) in [6.45, 7) is 0. The van der Waals surface area contributed by atoms with Crippen molar-refractivity contribution in [1.29, 1.82) is 0 Å². The summed E-state index contributed by atoms with van der Waals surface area (Å²) in [6.07, 6.45) is 5.75. The first kappa shape index (κ1) is 16.1. The van der Waals surface area contributed by atoms with Crippen LogP contribution in [0.5, 0.6) is 0 Å². The van der Waals surface area contributed by atoms with Gasteiger partial charge in [-0.15, -0.1) is 11.3 Å². The molecule has 126 valence electrons. The third kappa shape index (κ3) is 3.79. The molecule has 0 unspecified atom stereocenters. The Kier molecular flexibility index (Phi) is 4.46. The molecule has 0 aliphatic heterocycles. The fourth-order valence-corrected chi connectivity index (χ4v) is 3.20. The molecule has 4 rings (SSSR count). The van der Waals surface area contributed by atoms with Crippen LogP contribution in [0.15, 0.2) is 66.4 Å². The van der Waals surface area contributed by atoms with Gasteiger partial charge < -0.3 is 5.32 Å². The van der Waals surface area contributed by atoms with Gasteiger partial charge in [-0.25, -0.2) is 9.97 Å². The molecule has 1 N–H and O–H groups in total. The topological polar surface area (TPSA) is 59.3 Å². The summed E-state index contributed by atoms with van der Waals surface area (Å²) in [4.78, 5) is 21.8. The minimum Gasteiger partial charge on any atom is -0.326 e. The van der Waals surface area contributed by atoms with E-state index in [2.05, 4.69) is 27.1 Å². The van der Waals surface area contributed by atoms with Gasteiger partial charge in [0.2, 0.25) is 5.91 Å². The van der Waals surface area contributed by atoms with Crippen LogP contribution in [0.4, 0.5) is 5.69 Å². The molecule has 0 aliphatic carbocycles. The van der Waals surface area contributed by atoms with Crippen LogP contribution in [0.1, 0.15) is 17.0 Å². The lowest BCUT2D eigenvalue weighted by Gasteiger charge is -2.04. The Morgan fingerprint density at radius 1 is 1.19 bits per heavy atom. The third-order valence-electron chi connectivity index (χ3n) is 3.63. The third-order valence-corrected chi connectivity index (χ3v) is 4.40. The maximum Gasteiger partial charge on any atom is 0.230 e. The number of rotatable bonds is 3. The number of hydrogen-bond donors (Lipinski definition) is 1. The zero-order valence-electron chi connectivity index (χ0n) is 13.7. The Labute approximate surface area is 154 Å². The summed E-state index contributed by atoms with van der Waals surface area (Å²) < 4.78 is 1.92. The van der Waals surface area contributed by atoms with Gasteiger partial charge in [-0.1, -0.05) is 18.1 Å². The van der Waals surface area contributed by atoms with Crippen LogP contribution in [0.2, 0.25) is 0 Å². The molecule has 5 nitrogen and oxygen atoms in total. The van der Waals surface area contributed by atoms with Crippen LogP contribution in [-0.2, 0) is 11.2 Å². The normalized spacial score (nSPS) is 10.3. The van der Waals surface area contributed by atoms with Gasteiger partial charge in [-0.05, 0) is 36.3 Å². The number of imidazole rings is 1. The molecule has 26 heavy (non-hydrogen) atoms. The van der Waals surface area contributed by atoms with E-state index in [1.807, 2.05) is 64.6 Å². The zero-order chi connectivity index (χ0) is 17.8. The number of pyridine rings is 1. The molecule has 4 aromatic rings. The first-order chi connectivity index (χ1) is 12.8. The highest BCUT2D eigenvalue weighted by atomic mass is 32.1. The van der Waals surface area contributed by atoms with Crippen molar-refractivity contribution in [2.24, 2.45) is 0 Å². The number of amides is 1. The molecule has 0 bridgehead atoms. The minimum absolute atomic E-state index is 0.106. The second kappa shape index (κ2) is 7.21. The Morgan fingerprint density at radius 3 is 3.00 bits per heavy atom. The average molecular weight is 358 g/mol. The Balaban J connectivity index is 1.44. The number of nitrogens with one attached hydrogen (secondary N) is 1. The molecule has 1 amide bonds. The summed E-state index contributed by atoms with van der Waals surface area (Å²) in [5, 5.41) is 4.86. The van der Waals surface area contributed by atoms with Gasteiger partial charge in [0.15, 0.2) is 4.96 Å². The van der Waals surface area contributed by atoms with Crippen LogP contribution < -0.4 is 5.32 Å². The van der Waals surface area contributed by atoms with Crippen molar-refractivity contribution < 1.29 is 4.79 Å². The van der Waals surface area contributed by atoms with Gasteiger partial charge in [-0.2, -0.15) is 0 Å². The number of carbonyl (C=O) groups excluding carboxylic acids is 1. The van der Waals surface area contributed by atoms with Gasteiger partial charge >= 0.3 is 0 Å². The first-order valence-electron chi connectivity index (χ1n) is 8.00. The SMILES string of the molecule is O=C(Cc1cn2ccsc2n1)Nc1cccc(C#Cc2ccccn2)c1. The Hall–Kier alpha value is -3.43. The molecule has 0 fully saturated rings. The van der Waals surface area contributed by atoms with E-state index in [9.17, 15) is 4.79 Å². The number of anilines is 1. The highest BCUT2D eigenvalue weighted by Gasteiger charge is 2.08. The maximum atomic E-state index is 12.3. The standard InChI is InChI=1S/C20H14N4OS/c25-19(13-18-14-24-10-11-26-20(24)23-18)22-17-6-3-4-15(12-17)7-8-16-5-1-2-9-21-16/h1-6,9-12,14H,13H2,(H,22,25). The van der Waals surface area contributed by atoms with Gasteiger partial charge in [0.25, 0.3) is 0 Å². The number of fused-ring (bicyclic) bond motifs is 1. The predicted molar refractivity (Wildman–Crippen MR) is 102 cm³/mol. The van der Waals surface area contributed by atoms with Crippen molar-refractivity contribution in [3.63, 3.8) is 0 Å². The zero-order valence-corrected chi connectivity index (χ0v) is 14.5. The number of thiazole rings is 1. The van der Waals surface area contributed by atoms with E-state index in [1.54, 1.807) is 17.5 Å². The quantitative estimate of drug-likeness (QED) is 0.571. The number of aromatic nitrogens is 3. The van der Waals surface area contributed by atoms with E-state index in [-0.39, 0.29) is 12.3 Å². The van der Waals surface area contributed by atoms with Crippen molar-refractivity contribution in [2.45, 2.75) is 6.42 Å². The second-order valence-electron chi connectivity index (χ2n) is 5.60. The van der Waals surface area contributed by atoms with Crippen molar-refractivity contribution >= 4 is 27.9 Å². The number of carbonyl (C=O) groups is 1. The fraction of sp³-hybridized carbons (Fsp3) is 0.0500. The van der Waals surface area contributed by atoms with Gasteiger partial charge in [0.05, 0.1) is 12.1 Å². The van der Waals surface area contributed by atoms with Crippen molar-refractivity contribution in [3.8, 4) is 11.8 Å². The lowest BCUT2D eigenvalue weighted by Crippen LogP contribution is -2.14. The summed E-state index contributed by atoms with van der Waals surface area (Å²) >= 11 is 1.54. The lowest BCUT2D eigenvalue weighted by molar-refractivity contribution is -0.115. The average Bonchev–Trinajstić information content (AvgIpc) is 3.22. The Bertz CT molecular complexity index is 1090. The van der Waals surface area contributed by atoms with Crippen LogP contribution in [0, 0.1) is 11.8 Å². The lowest BCUT2D eigenvalue weighted by atomic mass is 10.2. The molecule has 0 spiro atoms. The van der Waals surface area contributed by atoms with E-state index >= 15 is 0 Å². The van der Waals surface area contributed by atoms with E-state index in [4.69, 9.17) is 0 Å². The molecule has 0 atom stereocenters. The summed E-state index contributed by atoms with van der Waals surface area (Å²) in [7, 11) is 0. The predicted octanol–water partition coefficient (Wildman–Crippen LogP) is 3.37.